The first-order valence-corrected chi connectivity index (χ1v) is 14.1. The van der Waals surface area contributed by atoms with E-state index in [-0.39, 0.29) is 34.6 Å². The highest BCUT2D eigenvalue weighted by atomic mass is 35.5. The Kier molecular flexibility index (Phi) is 9.59. The Morgan fingerprint density at radius 1 is 0.919 bits per heavy atom. The predicted molar refractivity (Wildman–Crippen MR) is 148 cm³/mol. The lowest BCUT2D eigenvalue weighted by atomic mass is 10.0. The van der Waals surface area contributed by atoms with E-state index in [1.807, 2.05) is 61.5 Å². The zero-order valence-electron chi connectivity index (χ0n) is 20.8. The molecule has 3 rings (SSSR count). The second kappa shape index (κ2) is 12.4. The molecule has 0 fully saturated rings. The SMILES string of the molecule is CNC(=O)[C@@H](Cc1ccccc1)N(Cc1ccc(C)cc1)C(=O)CN(c1cc(Cl)cc(Cl)c1)S(C)(=O)=O. The molecule has 0 bridgehead atoms. The number of halogens is 2. The molecule has 0 saturated heterocycles. The van der Waals surface area contributed by atoms with Gasteiger partial charge >= 0.3 is 0 Å². The number of amides is 2. The van der Waals surface area contributed by atoms with E-state index in [0.717, 1.165) is 27.3 Å². The summed E-state index contributed by atoms with van der Waals surface area (Å²) in [5.74, 6) is -0.910. The van der Waals surface area contributed by atoms with Gasteiger partial charge in [0.15, 0.2) is 0 Å². The number of hydrogen-bond donors (Lipinski definition) is 1. The van der Waals surface area contributed by atoms with Crippen LogP contribution in [-0.4, -0.2) is 51.0 Å². The van der Waals surface area contributed by atoms with E-state index in [1.54, 1.807) is 0 Å². The van der Waals surface area contributed by atoms with Gasteiger partial charge in [0.2, 0.25) is 21.8 Å². The molecule has 37 heavy (non-hydrogen) atoms. The first-order chi connectivity index (χ1) is 17.5. The van der Waals surface area contributed by atoms with Crippen molar-refractivity contribution >= 4 is 50.7 Å². The number of sulfonamides is 1. The van der Waals surface area contributed by atoms with Crippen molar-refractivity contribution in [3.63, 3.8) is 0 Å². The van der Waals surface area contributed by atoms with Crippen LogP contribution in [0, 0.1) is 6.92 Å². The number of benzene rings is 3. The predicted octanol–water partition coefficient (Wildman–Crippen LogP) is 4.45. The summed E-state index contributed by atoms with van der Waals surface area (Å²) in [6, 6.07) is 20.4. The van der Waals surface area contributed by atoms with Gasteiger partial charge in [0, 0.05) is 30.1 Å². The van der Waals surface area contributed by atoms with Gasteiger partial charge in [-0.15, -0.1) is 0 Å². The zero-order chi connectivity index (χ0) is 27.2. The van der Waals surface area contributed by atoms with Crippen molar-refractivity contribution in [3.05, 3.63) is 99.5 Å². The molecule has 0 saturated carbocycles. The molecule has 196 valence electrons. The standard InChI is InChI=1S/C27H29Cl2N3O4S/c1-19-9-11-21(12-10-19)17-31(25(27(34)30-2)13-20-7-5-4-6-8-20)26(33)18-32(37(3,35)36)24-15-22(28)14-23(29)16-24/h4-12,14-16,25H,13,17-18H2,1-3H3,(H,30,34)/t25-/m1/s1. The number of anilines is 1. The average Bonchev–Trinajstić information content (AvgIpc) is 2.84. The fourth-order valence-corrected chi connectivity index (χ4v) is 5.26. The maximum Gasteiger partial charge on any atom is 0.244 e. The molecule has 1 atom stereocenters. The van der Waals surface area contributed by atoms with Crippen LogP contribution in [0.4, 0.5) is 5.69 Å². The van der Waals surface area contributed by atoms with E-state index in [0.29, 0.717) is 0 Å². The van der Waals surface area contributed by atoms with E-state index in [9.17, 15) is 18.0 Å². The van der Waals surface area contributed by atoms with E-state index in [4.69, 9.17) is 23.2 Å². The smallest absolute Gasteiger partial charge is 0.244 e. The summed E-state index contributed by atoms with van der Waals surface area (Å²) in [6.45, 7) is 1.52. The monoisotopic (exact) mass is 561 g/mol. The molecule has 2 amide bonds. The minimum atomic E-state index is -3.90. The van der Waals surface area contributed by atoms with Crippen molar-refractivity contribution in [2.24, 2.45) is 0 Å². The van der Waals surface area contributed by atoms with Crippen molar-refractivity contribution < 1.29 is 18.0 Å². The normalized spacial score (nSPS) is 12.0. The summed E-state index contributed by atoms with van der Waals surface area (Å²) in [5, 5.41) is 3.10. The van der Waals surface area contributed by atoms with Crippen LogP contribution in [0.5, 0.6) is 0 Å². The molecule has 10 heteroatoms. The van der Waals surface area contributed by atoms with Crippen LogP contribution < -0.4 is 9.62 Å². The number of aryl methyl sites for hydroxylation is 1. The number of carbonyl (C=O) groups is 2. The Labute approximate surface area is 228 Å². The number of likely N-dealkylation sites (N-methyl/N-ethyl adjacent to an activating group) is 1. The van der Waals surface area contributed by atoms with E-state index in [2.05, 4.69) is 5.32 Å². The maximum absolute atomic E-state index is 13.8. The summed E-state index contributed by atoms with van der Waals surface area (Å²) in [6.07, 6.45) is 1.25. The molecule has 0 heterocycles. The van der Waals surface area contributed by atoms with Crippen molar-refractivity contribution in [1.29, 1.82) is 0 Å². The summed E-state index contributed by atoms with van der Waals surface area (Å²) in [7, 11) is -2.40. The molecule has 1 N–H and O–H groups in total. The molecular weight excluding hydrogens is 533 g/mol. The third kappa shape index (κ3) is 7.95. The minimum absolute atomic E-state index is 0.109. The van der Waals surface area contributed by atoms with Crippen LogP contribution in [0.2, 0.25) is 10.0 Å². The molecule has 0 unspecified atom stereocenters. The minimum Gasteiger partial charge on any atom is -0.357 e. The number of rotatable bonds is 10. The van der Waals surface area contributed by atoms with Crippen molar-refractivity contribution in [3.8, 4) is 0 Å². The Bertz CT molecular complexity index is 1330. The van der Waals surface area contributed by atoms with Gasteiger partial charge in [-0.05, 0) is 36.2 Å². The van der Waals surface area contributed by atoms with E-state index in [1.165, 1.54) is 30.1 Å². The zero-order valence-corrected chi connectivity index (χ0v) is 23.1. The number of nitrogens with one attached hydrogen (secondary N) is 1. The molecule has 7 nitrogen and oxygen atoms in total. The molecular formula is C27H29Cl2N3O4S. The van der Waals surface area contributed by atoms with Crippen molar-refractivity contribution in [2.75, 3.05) is 24.2 Å². The van der Waals surface area contributed by atoms with Crippen LogP contribution in [0.1, 0.15) is 16.7 Å². The number of nitrogens with zero attached hydrogens (tertiary/aromatic N) is 2. The Balaban J connectivity index is 2.03. The maximum atomic E-state index is 13.8. The van der Waals surface area contributed by atoms with Gasteiger partial charge in [0.25, 0.3) is 0 Å². The average molecular weight is 563 g/mol. The molecule has 0 radical (unpaired) electrons. The summed E-state index contributed by atoms with van der Waals surface area (Å²) >= 11 is 12.2. The second-order valence-electron chi connectivity index (χ2n) is 8.72. The lowest BCUT2D eigenvalue weighted by molar-refractivity contribution is -0.139. The lowest BCUT2D eigenvalue weighted by Crippen LogP contribution is -2.52. The van der Waals surface area contributed by atoms with Crippen molar-refractivity contribution in [1.82, 2.24) is 10.2 Å². The fourth-order valence-electron chi connectivity index (χ4n) is 3.91. The highest BCUT2D eigenvalue weighted by Crippen LogP contribution is 2.27. The van der Waals surface area contributed by atoms with Crippen LogP contribution in [0.25, 0.3) is 0 Å². The van der Waals surface area contributed by atoms with Crippen LogP contribution in [-0.2, 0) is 32.6 Å². The van der Waals surface area contributed by atoms with Gasteiger partial charge in [-0.2, -0.15) is 0 Å². The Hall–Kier alpha value is -3.07. The summed E-state index contributed by atoms with van der Waals surface area (Å²) < 4.78 is 26.4. The molecule has 0 aliphatic rings. The van der Waals surface area contributed by atoms with Gasteiger partial charge < -0.3 is 10.2 Å². The third-order valence-electron chi connectivity index (χ3n) is 5.81. The molecule has 0 aliphatic heterocycles. The topological polar surface area (TPSA) is 86.8 Å². The van der Waals surface area contributed by atoms with Crippen molar-refractivity contribution in [2.45, 2.75) is 25.9 Å². The third-order valence-corrected chi connectivity index (χ3v) is 7.38. The first-order valence-electron chi connectivity index (χ1n) is 11.5. The van der Waals surface area contributed by atoms with Crippen LogP contribution in [0.15, 0.2) is 72.8 Å². The molecule has 0 spiro atoms. The van der Waals surface area contributed by atoms with Gasteiger partial charge in [-0.3, -0.25) is 13.9 Å². The van der Waals surface area contributed by atoms with Crippen LogP contribution >= 0.6 is 23.2 Å². The molecule has 0 aromatic heterocycles. The highest BCUT2D eigenvalue weighted by molar-refractivity contribution is 7.92. The Morgan fingerprint density at radius 2 is 1.51 bits per heavy atom. The number of hydrogen-bond acceptors (Lipinski definition) is 4. The largest absolute Gasteiger partial charge is 0.357 e. The summed E-state index contributed by atoms with van der Waals surface area (Å²) in [4.78, 5) is 28.3. The first kappa shape index (κ1) is 28.5. The second-order valence-corrected chi connectivity index (χ2v) is 11.5. The number of carbonyl (C=O) groups excluding carboxylic acids is 2. The van der Waals surface area contributed by atoms with Gasteiger partial charge in [0.05, 0.1) is 11.9 Å². The molecule has 3 aromatic carbocycles. The van der Waals surface area contributed by atoms with Gasteiger partial charge in [0.1, 0.15) is 12.6 Å². The molecule has 3 aromatic rings. The quantitative estimate of drug-likeness (QED) is 0.396. The van der Waals surface area contributed by atoms with Crippen LogP contribution in [0.3, 0.4) is 0 Å². The van der Waals surface area contributed by atoms with Gasteiger partial charge in [-0.25, -0.2) is 8.42 Å². The highest BCUT2D eigenvalue weighted by Gasteiger charge is 2.32. The summed E-state index contributed by atoms with van der Waals surface area (Å²) in [5.41, 5.74) is 2.87. The van der Waals surface area contributed by atoms with Gasteiger partial charge in [-0.1, -0.05) is 83.4 Å². The Morgan fingerprint density at radius 3 is 2.05 bits per heavy atom. The van der Waals surface area contributed by atoms with E-state index >= 15 is 0 Å². The molecule has 0 aliphatic carbocycles. The lowest BCUT2D eigenvalue weighted by Gasteiger charge is -2.33. The fraction of sp³-hybridized carbons (Fsp3) is 0.259. The van der Waals surface area contributed by atoms with E-state index < -0.39 is 28.5 Å².